The van der Waals surface area contributed by atoms with Gasteiger partial charge in [-0.2, -0.15) is 16.8 Å². The smallest absolute Gasteiger partial charge is 0.264 e. The zero-order valence-electron chi connectivity index (χ0n) is 6.68. The Labute approximate surface area is 86.5 Å². The number of hydrogen-bond donors (Lipinski definition) is 0. The molecule has 0 spiro atoms. The molecule has 0 heterocycles. The van der Waals surface area contributed by atoms with Crippen molar-refractivity contribution in [3.63, 3.8) is 0 Å². The van der Waals surface area contributed by atoms with Crippen LogP contribution in [0.2, 0.25) is 0 Å². The SMILES string of the molecule is C.C.CS(=O)(=O)OCCOS(C)(=O)=O. The van der Waals surface area contributed by atoms with Crippen LogP contribution in [-0.2, 0) is 28.6 Å². The molecule has 0 aromatic heterocycles. The van der Waals surface area contributed by atoms with Crippen LogP contribution in [0.4, 0.5) is 0 Å². The van der Waals surface area contributed by atoms with E-state index in [2.05, 4.69) is 8.37 Å². The predicted octanol–water partition coefficient (Wildman–Crippen LogP) is 0.211. The summed E-state index contributed by atoms with van der Waals surface area (Å²) in [5.74, 6) is 0. The second-order valence-electron chi connectivity index (χ2n) is 2.05. The highest BCUT2D eigenvalue weighted by Gasteiger charge is 2.04. The Morgan fingerprint density at radius 2 is 1.00 bits per heavy atom. The first-order valence-corrected chi connectivity index (χ1v) is 6.53. The highest BCUT2D eigenvalue weighted by molar-refractivity contribution is 7.86. The Bertz CT molecular complexity index is 280. The van der Waals surface area contributed by atoms with E-state index >= 15 is 0 Å². The third-order valence-electron chi connectivity index (χ3n) is 0.678. The van der Waals surface area contributed by atoms with Crippen LogP contribution in [0.3, 0.4) is 0 Å². The lowest BCUT2D eigenvalue weighted by Crippen LogP contribution is -2.12. The van der Waals surface area contributed by atoms with E-state index in [4.69, 9.17) is 0 Å². The molecule has 0 aliphatic heterocycles. The highest BCUT2D eigenvalue weighted by Crippen LogP contribution is 1.89. The van der Waals surface area contributed by atoms with Crippen LogP contribution >= 0.6 is 0 Å². The lowest BCUT2D eigenvalue weighted by molar-refractivity contribution is 0.227. The van der Waals surface area contributed by atoms with Crippen LogP contribution in [0.15, 0.2) is 0 Å². The molecule has 0 aromatic rings. The topological polar surface area (TPSA) is 86.7 Å². The van der Waals surface area contributed by atoms with Crippen molar-refractivity contribution < 1.29 is 25.2 Å². The molecule has 0 saturated heterocycles. The Kier molecular flexibility index (Phi) is 9.92. The monoisotopic (exact) mass is 250 g/mol. The molecular weight excluding hydrogens is 232 g/mol. The van der Waals surface area contributed by atoms with Crippen LogP contribution < -0.4 is 0 Å². The van der Waals surface area contributed by atoms with Crippen LogP contribution in [0, 0.1) is 0 Å². The summed E-state index contributed by atoms with van der Waals surface area (Å²) in [5.41, 5.74) is 0. The minimum absolute atomic E-state index is 0. The van der Waals surface area contributed by atoms with Crippen molar-refractivity contribution in [1.82, 2.24) is 0 Å². The van der Waals surface area contributed by atoms with E-state index in [1.807, 2.05) is 0 Å². The standard InChI is InChI=1S/C4H10O6S2.2CH4/c1-11(5,6)9-3-4-10-12(2,7)8;;/h3-4H2,1-2H3;2*1H4. The Morgan fingerprint density at radius 1 is 0.786 bits per heavy atom. The van der Waals surface area contributed by atoms with Gasteiger partial charge >= 0.3 is 0 Å². The average Bonchev–Trinajstić information content (AvgIpc) is 1.76. The van der Waals surface area contributed by atoms with E-state index in [0.717, 1.165) is 12.5 Å². The molecule has 0 saturated carbocycles. The van der Waals surface area contributed by atoms with E-state index in [9.17, 15) is 16.8 Å². The maximum atomic E-state index is 10.3. The van der Waals surface area contributed by atoms with Gasteiger partial charge in [-0.3, -0.25) is 8.37 Å². The summed E-state index contributed by atoms with van der Waals surface area (Å²) in [6.45, 7) is -0.599. The largest absolute Gasteiger partial charge is 0.268 e. The van der Waals surface area contributed by atoms with Gasteiger partial charge in [0.25, 0.3) is 20.2 Å². The van der Waals surface area contributed by atoms with Crippen LogP contribution in [-0.4, -0.2) is 42.6 Å². The molecule has 0 radical (unpaired) electrons. The summed E-state index contributed by atoms with van der Waals surface area (Å²) in [5, 5.41) is 0. The molecule has 0 bridgehead atoms. The maximum Gasteiger partial charge on any atom is 0.264 e. The normalized spacial score (nSPS) is 11.3. The van der Waals surface area contributed by atoms with Gasteiger partial charge in [0.05, 0.1) is 25.7 Å². The van der Waals surface area contributed by atoms with Gasteiger partial charge in [0.2, 0.25) is 0 Å². The van der Waals surface area contributed by atoms with Crippen molar-refractivity contribution in [1.29, 1.82) is 0 Å². The number of hydrogen-bond acceptors (Lipinski definition) is 6. The molecule has 0 aromatic carbocycles. The summed E-state index contributed by atoms with van der Waals surface area (Å²) < 4.78 is 49.7. The molecular formula is C6H18O6S2. The van der Waals surface area contributed by atoms with Crippen molar-refractivity contribution in [3.05, 3.63) is 0 Å². The molecule has 90 valence electrons. The van der Waals surface area contributed by atoms with Gasteiger partial charge in [-0.15, -0.1) is 0 Å². The maximum absolute atomic E-state index is 10.3. The second-order valence-corrected chi connectivity index (χ2v) is 5.34. The average molecular weight is 250 g/mol. The van der Waals surface area contributed by atoms with E-state index in [1.54, 1.807) is 0 Å². The summed E-state index contributed by atoms with van der Waals surface area (Å²) in [7, 11) is -7.03. The molecule has 0 N–H and O–H groups in total. The molecule has 0 atom stereocenters. The van der Waals surface area contributed by atoms with Gasteiger partial charge in [0.15, 0.2) is 0 Å². The summed E-state index contributed by atoms with van der Waals surface area (Å²) >= 11 is 0. The molecule has 8 heteroatoms. The van der Waals surface area contributed by atoms with Crippen molar-refractivity contribution >= 4 is 20.2 Å². The van der Waals surface area contributed by atoms with Gasteiger partial charge in [-0.25, -0.2) is 0 Å². The minimum Gasteiger partial charge on any atom is -0.268 e. The Morgan fingerprint density at radius 3 is 1.14 bits per heavy atom. The van der Waals surface area contributed by atoms with Gasteiger partial charge in [-0.05, 0) is 0 Å². The van der Waals surface area contributed by atoms with Crippen molar-refractivity contribution in [2.75, 3.05) is 25.7 Å². The first-order valence-electron chi connectivity index (χ1n) is 2.89. The Balaban J connectivity index is -0.000000605. The fraction of sp³-hybridized carbons (Fsp3) is 1.00. The van der Waals surface area contributed by atoms with E-state index in [1.165, 1.54) is 0 Å². The summed E-state index contributed by atoms with van der Waals surface area (Å²) in [4.78, 5) is 0. The zero-order chi connectivity index (χ0) is 9.83. The fourth-order valence-electron chi connectivity index (χ4n) is 0.371. The molecule has 0 aliphatic rings. The van der Waals surface area contributed by atoms with E-state index in [-0.39, 0.29) is 28.1 Å². The van der Waals surface area contributed by atoms with Crippen molar-refractivity contribution in [3.8, 4) is 0 Å². The number of rotatable bonds is 5. The molecule has 14 heavy (non-hydrogen) atoms. The van der Waals surface area contributed by atoms with Crippen molar-refractivity contribution in [2.45, 2.75) is 14.9 Å². The first kappa shape index (κ1) is 19.4. The highest BCUT2D eigenvalue weighted by atomic mass is 32.2. The molecule has 0 aliphatic carbocycles. The predicted molar refractivity (Wildman–Crippen MR) is 55.1 cm³/mol. The third kappa shape index (κ3) is 17.8. The Hall–Kier alpha value is -0.180. The van der Waals surface area contributed by atoms with Crippen LogP contribution in [0.25, 0.3) is 0 Å². The molecule has 0 rings (SSSR count). The fourth-order valence-corrected chi connectivity index (χ4v) is 1.11. The van der Waals surface area contributed by atoms with E-state index < -0.39 is 20.2 Å². The molecule has 0 unspecified atom stereocenters. The zero-order valence-corrected chi connectivity index (χ0v) is 8.31. The van der Waals surface area contributed by atoms with Crippen molar-refractivity contribution in [2.24, 2.45) is 0 Å². The third-order valence-corrected chi connectivity index (χ3v) is 1.87. The lowest BCUT2D eigenvalue weighted by Gasteiger charge is -2.00. The van der Waals surface area contributed by atoms with E-state index in [0.29, 0.717) is 0 Å². The van der Waals surface area contributed by atoms with Gasteiger partial charge in [-0.1, -0.05) is 14.9 Å². The molecule has 0 fully saturated rings. The van der Waals surface area contributed by atoms with Gasteiger partial charge in [0, 0.05) is 0 Å². The van der Waals surface area contributed by atoms with Gasteiger partial charge in [0.1, 0.15) is 0 Å². The van der Waals surface area contributed by atoms with Crippen LogP contribution in [0.5, 0.6) is 0 Å². The summed E-state index contributed by atoms with van der Waals surface area (Å²) in [6.07, 6.45) is 1.74. The quantitative estimate of drug-likeness (QED) is 0.512. The van der Waals surface area contributed by atoms with Gasteiger partial charge < -0.3 is 0 Å². The minimum atomic E-state index is -3.52. The first-order chi connectivity index (χ1) is 5.21. The lowest BCUT2D eigenvalue weighted by atomic mass is 10.8. The van der Waals surface area contributed by atoms with Crippen LogP contribution in [0.1, 0.15) is 14.9 Å². The summed E-state index contributed by atoms with van der Waals surface area (Å²) in [6, 6.07) is 0. The molecule has 0 amide bonds. The molecule has 6 nitrogen and oxygen atoms in total. The second kappa shape index (κ2) is 7.16.